The second kappa shape index (κ2) is 7.31. The van der Waals surface area contributed by atoms with E-state index in [1.165, 1.54) is 0 Å². The molecule has 0 aliphatic carbocycles. The Labute approximate surface area is 164 Å². The molecule has 0 saturated carbocycles. The first-order valence-electron chi connectivity index (χ1n) is 8.07. The maximum atomic E-state index is 12.2. The molecule has 0 radical (unpaired) electrons. The third-order valence-electron chi connectivity index (χ3n) is 3.84. The molecule has 134 valence electrons. The minimum atomic E-state index is -0.400. The molecule has 0 atom stereocenters. The lowest BCUT2D eigenvalue weighted by Gasteiger charge is -2.09. The molecule has 1 heterocycles. The van der Waals surface area contributed by atoms with E-state index in [0.717, 1.165) is 11.1 Å². The number of hydrogen-bond acceptors (Lipinski definition) is 3. The summed E-state index contributed by atoms with van der Waals surface area (Å²) in [6, 6.07) is 19.3. The highest BCUT2D eigenvalue weighted by Gasteiger charge is 2.10. The van der Waals surface area contributed by atoms with Crippen molar-refractivity contribution >= 4 is 51.7 Å². The maximum absolute atomic E-state index is 12.2. The van der Waals surface area contributed by atoms with E-state index in [4.69, 9.17) is 27.6 Å². The van der Waals surface area contributed by atoms with Gasteiger partial charge in [-0.1, -0.05) is 41.4 Å². The summed E-state index contributed by atoms with van der Waals surface area (Å²) in [5, 5.41) is 6.27. The van der Waals surface area contributed by atoms with Crippen LogP contribution in [0.2, 0.25) is 10.0 Å². The van der Waals surface area contributed by atoms with Crippen LogP contribution in [0.1, 0.15) is 0 Å². The summed E-state index contributed by atoms with van der Waals surface area (Å²) < 4.78 is 5.77. The van der Waals surface area contributed by atoms with Gasteiger partial charge in [-0.05, 0) is 48.5 Å². The largest absolute Gasteiger partial charge is 0.436 e. The number of urea groups is 1. The second-order valence-electron chi connectivity index (χ2n) is 5.78. The van der Waals surface area contributed by atoms with Gasteiger partial charge in [0.15, 0.2) is 5.58 Å². The lowest BCUT2D eigenvalue weighted by molar-refractivity contribution is 0.262. The zero-order chi connectivity index (χ0) is 18.8. The van der Waals surface area contributed by atoms with E-state index in [0.29, 0.717) is 32.9 Å². The van der Waals surface area contributed by atoms with Crippen molar-refractivity contribution in [2.24, 2.45) is 0 Å². The minimum absolute atomic E-state index is 0.368. The van der Waals surface area contributed by atoms with Gasteiger partial charge in [0.25, 0.3) is 0 Å². The predicted molar refractivity (Wildman–Crippen MR) is 109 cm³/mol. The summed E-state index contributed by atoms with van der Waals surface area (Å²) in [6.45, 7) is 0. The Bertz CT molecular complexity index is 1110. The molecule has 3 aromatic carbocycles. The monoisotopic (exact) mass is 397 g/mol. The average Bonchev–Trinajstić information content (AvgIpc) is 3.09. The number of amides is 2. The van der Waals surface area contributed by atoms with E-state index in [1.807, 2.05) is 36.4 Å². The highest BCUT2D eigenvalue weighted by Crippen LogP contribution is 2.27. The molecule has 0 aliphatic heterocycles. The number of nitrogens with zero attached hydrogens (tertiary/aromatic N) is 1. The van der Waals surface area contributed by atoms with Crippen molar-refractivity contribution < 1.29 is 9.21 Å². The molecular formula is C20H13Cl2N3O2. The van der Waals surface area contributed by atoms with Crippen molar-refractivity contribution in [2.45, 2.75) is 0 Å². The van der Waals surface area contributed by atoms with Crippen molar-refractivity contribution in [2.75, 3.05) is 10.6 Å². The molecule has 0 unspecified atom stereocenters. The fraction of sp³-hybridized carbons (Fsp3) is 0. The Morgan fingerprint density at radius 2 is 1.63 bits per heavy atom. The first kappa shape index (κ1) is 17.4. The predicted octanol–water partition coefficient (Wildman–Crippen LogP) is 6.45. The van der Waals surface area contributed by atoms with Crippen molar-refractivity contribution in [3.8, 4) is 11.5 Å². The molecule has 0 fully saturated rings. The van der Waals surface area contributed by atoms with Crippen LogP contribution in [0, 0.1) is 0 Å². The molecule has 27 heavy (non-hydrogen) atoms. The van der Waals surface area contributed by atoms with E-state index >= 15 is 0 Å². The van der Waals surface area contributed by atoms with Gasteiger partial charge in [0.1, 0.15) is 5.52 Å². The Morgan fingerprint density at radius 3 is 2.41 bits per heavy atom. The number of oxazole rings is 1. The standard InChI is InChI=1S/C20H13Cl2N3O2/c21-15-9-8-14(11-16(15)22)24-20(26)23-13-5-3-4-12(10-13)19-25-17-6-1-2-7-18(17)27-19/h1-11H,(H2,23,24,26). The molecule has 0 spiro atoms. The third kappa shape index (κ3) is 3.89. The van der Waals surface area contributed by atoms with E-state index in [2.05, 4.69) is 15.6 Å². The van der Waals surface area contributed by atoms with Crippen LogP contribution in [-0.4, -0.2) is 11.0 Å². The van der Waals surface area contributed by atoms with Crippen LogP contribution in [0.5, 0.6) is 0 Å². The molecule has 4 aromatic rings. The van der Waals surface area contributed by atoms with Gasteiger partial charge >= 0.3 is 6.03 Å². The molecule has 0 saturated heterocycles. The molecule has 2 N–H and O–H groups in total. The maximum Gasteiger partial charge on any atom is 0.323 e. The number of rotatable bonds is 3. The Balaban J connectivity index is 1.51. The first-order valence-corrected chi connectivity index (χ1v) is 8.83. The lowest BCUT2D eigenvalue weighted by atomic mass is 10.2. The quantitative estimate of drug-likeness (QED) is 0.417. The second-order valence-corrected chi connectivity index (χ2v) is 6.59. The number of halogens is 2. The van der Waals surface area contributed by atoms with Gasteiger partial charge in [0.2, 0.25) is 5.89 Å². The summed E-state index contributed by atoms with van der Waals surface area (Å²) >= 11 is 11.8. The Morgan fingerprint density at radius 1 is 0.852 bits per heavy atom. The number of carbonyl (C=O) groups is 1. The van der Waals surface area contributed by atoms with Crippen LogP contribution in [0.25, 0.3) is 22.6 Å². The summed E-state index contributed by atoms with van der Waals surface area (Å²) in [7, 11) is 0. The van der Waals surface area contributed by atoms with Gasteiger partial charge in [-0.15, -0.1) is 0 Å². The molecule has 4 rings (SSSR count). The molecule has 0 bridgehead atoms. The molecule has 0 aliphatic rings. The van der Waals surface area contributed by atoms with E-state index in [-0.39, 0.29) is 0 Å². The van der Waals surface area contributed by atoms with Crippen LogP contribution >= 0.6 is 23.2 Å². The van der Waals surface area contributed by atoms with Gasteiger partial charge in [0.05, 0.1) is 10.0 Å². The molecule has 1 aromatic heterocycles. The molecule has 5 nitrogen and oxygen atoms in total. The van der Waals surface area contributed by atoms with Crippen molar-refractivity contribution in [3.05, 3.63) is 76.8 Å². The van der Waals surface area contributed by atoms with Gasteiger partial charge in [0, 0.05) is 16.9 Å². The highest BCUT2D eigenvalue weighted by molar-refractivity contribution is 6.42. The SMILES string of the molecule is O=C(Nc1cccc(-c2nc3ccccc3o2)c1)Nc1ccc(Cl)c(Cl)c1. The lowest BCUT2D eigenvalue weighted by Crippen LogP contribution is -2.19. The smallest absolute Gasteiger partial charge is 0.323 e. The highest BCUT2D eigenvalue weighted by atomic mass is 35.5. The van der Waals surface area contributed by atoms with Gasteiger partial charge in [-0.3, -0.25) is 0 Å². The van der Waals surface area contributed by atoms with Crippen LogP contribution in [0.4, 0.5) is 16.2 Å². The third-order valence-corrected chi connectivity index (χ3v) is 4.58. The van der Waals surface area contributed by atoms with Crippen molar-refractivity contribution in [1.29, 1.82) is 0 Å². The van der Waals surface area contributed by atoms with Gasteiger partial charge < -0.3 is 15.1 Å². The first-order chi connectivity index (χ1) is 13.1. The molecular weight excluding hydrogens is 385 g/mol. The molecule has 7 heteroatoms. The fourth-order valence-electron chi connectivity index (χ4n) is 2.59. The summed E-state index contributed by atoms with van der Waals surface area (Å²) in [4.78, 5) is 16.7. The topological polar surface area (TPSA) is 67.2 Å². The van der Waals surface area contributed by atoms with Crippen LogP contribution in [0.15, 0.2) is 71.1 Å². The van der Waals surface area contributed by atoms with Crippen molar-refractivity contribution in [3.63, 3.8) is 0 Å². The Kier molecular flexibility index (Phi) is 4.71. The van der Waals surface area contributed by atoms with Crippen LogP contribution < -0.4 is 10.6 Å². The minimum Gasteiger partial charge on any atom is -0.436 e. The number of benzene rings is 3. The number of aromatic nitrogens is 1. The number of hydrogen-bond donors (Lipinski definition) is 2. The summed E-state index contributed by atoms with van der Waals surface area (Å²) in [5.74, 6) is 0.491. The van der Waals surface area contributed by atoms with E-state index in [9.17, 15) is 4.79 Å². The van der Waals surface area contributed by atoms with Crippen LogP contribution in [-0.2, 0) is 0 Å². The fourth-order valence-corrected chi connectivity index (χ4v) is 2.89. The number of anilines is 2. The number of para-hydroxylation sites is 2. The Hall–Kier alpha value is -3.02. The molecule has 2 amide bonds. The summed E-state index contributed by atoms with van der Waals surface area (Å²) in [5.41, 5.74) is 3.40. The zero-order valence-corrected chi connectivity index (χ0v) is 15.4. The zero-order valence-electron chi connectivity index (χ0n) is 13.9. The van der Waals surface area contributed by atoms with Crippen molar-refractivity contribution in [1.82, 2.24) is 4.98 Å². The van der Waals surface area contributed by atoms with E-state index < -0.39 is 6.03 Å². The average molecular weight is 398 g/mol. The van der Waals surface area contributed by atoms with E-state index in [1.54, 1.807) is 30.3 Å². The van der Waals surface area contributed by atoms with Gasteiger partial charge in [-0.2, -0.15) is 0 Å². The number of nitrogens with one attached hydrogen (secondary N) is 2. The number of fused-ring (bicyclic) bond motifs is 1. The summed E-state index contributed by atoms with van der Waals surface area (Å²) in [6.07, 6.45) is 0. The van der Waals surface area contributed by atoms with Crippen LogP contribution in [0.3, 0.4) is 0 Å². The normalized spacial score (nSPS) is 10.7. The number of carbonyl (C=O) groups excluding carboxylic acids is 1. The van der Waals surface area contributed by atoms with Gasteiger partial charge in [-0.25, -0.2) is 9.78 Å².